The van der Waals surface area contributed by atoms with E-state index in [-0.39, 0.29) is 6.61 Å². The SMILES string of the molecule is C=CC([NH])C(=O)OCc1ccccc1. The van der Waals surface area contributed by atoms with E-state index in [2.05, 4.69) is 6.58 Å². The van der Waals surface area contributed by atoms with Crippen molar-refractivity contribution in [1.29, 1.82) is 0 Å². The van der Waals surface area contributed by atoms with E-state index in [9.17, 15) is 4.79 Å². The molecule has 73 valence electrons. The summed E-state index contributed by atoms with van der Waals surface area (Å²) in [6.45, 7) is 3.56. The summed E-state index contributed by atoms with van der Waals surface area (Å²) in [4.78, 5) is 11.1. The molecule has 3 heteroatoms. The Labute approximate surface area is 83.2 Å². The Morgan fingerprint density at radius 1 is 1.50 bits per heavy atom. The molecule has 1 unspecified atom stereocenters. The minimum absolute atomic E-state index is 0.211. The van der Waals surface area contributed by atoms with E-state index in [1.54, 1.807) is 0 Å². The van der Waals surface area contributed by atoms with Gasteiger partial charge in [0.15, 0.2) is 0 Å². The smallest absolute Gasteiger partial charge is 0.328 e. The van der Waals surface area contributed by atoms with Crippen molar-refractivity contribution in [2.45, 2.75) is 12.6 Å². The van der Waals surface area contributed by atoms with Gasteiger partial charge in [0.1, 0.15) is 12.6 Å². The molecule has 1 rings (SSSR count). The lowest BCUT2D eigenvalue weighted by Gasteiger charge is -2.06. The molecule has 0 aliphatic rings. The number of benzene rings is 1. The first-order chi connectivity index (χ1) is 6.74. The molecule has 0 saturated carbocycles. The van der Waals surface area contributed by atoms with Crippen LogP contribution in [0.25, 0.3) is 0 Å². The molecule has 0 spiro atoms. The van der Waals surface area contributed by atoms with Gasteiger partial charge < -0.3 is 4.74 Å². The zero-order valence-corrected chi connectivity index (χ0v) is 7.77. The van der Waals surface area contributed by atoms with E-state index >= 15 is 0 Å². The number of carbonyl (C=O) groups is 1. The first kappa shape index (κ1) is 10.5. The summed E-state index contributed by atoms with van der Waals surface area (Å²) in [5.41, 5.74) is 8.11. The summed E-state index contributed by atoms with van der Waals surface area (Å²) >= 11 is 0. The van der Waals surface area contributed by atoms with Crippen molar-refractivity contribution in [3.63, 3.8) is 0 Å². The highest BCUT2D eigenvalue weighted by molar-refractivity contribution is 5.77. The molecular weight excluding hydrogens is 178 g/mol. The quantitative estimate of drug-likeness (QED) is 0.534. The van der Waals surface area contributed by atoms with Crippen molar-refractivity contribution in [3.8, 4) is 0 Å². The fourth-order valence-electron chi connectivity index (χ4n) is 0.915. The molecule has 0 aliphatic carbocycles. The number of esters is 1. The van der Waals surface area contributed by atoms with Crippen molar-refractivity contribution < 1.29 is 9.53 Å². The number of nitrogens with one attached hydrogen (secondary N) is 1. The molecule has 0 aromatic heterocycles. The molecule has 14 heavy (non-hydrogen) atoms. The number of rotatable bonds is 4. The summed E-state index contributed by atoms with van der Waals surface area (Å²) in [5, 5.41) is 0. The molecule has 0 amide bonds. The third-order valence-corrected chi connectivity index (χ3v) is 1.71. The van der Waals surface area contributed by atoms with Crippen LogP contribution < -0.4 is 5.73 Å². The number of hydrogen-bond donors (Lipinski definition) is 0. The topological polar surface area (TPSA) is 50.1 Å². The van der Waals surface area contributed by atoms with Crippen molar-refractivity contribution in [1.82, 2.24) is 5.73 Å². The molecule has 0 fully saturated rings. The Kier molecular flexibility index (Phi) is 3.88. The maximum atomic E-state index is 11.1. The third-order valence-electron chi connectivity index (χ3n) is 1.71. The number of ether oxygens (including phenoxy) is 1. The van der Waals surface area contributed by atoms with E-state index in [0.29, 0.717) is 0 Å². The van der Waals surface area contributed by atoms with Crippen molar-refractivity contribution in [2.75, 3.05) is 0 Å². The first-order valence-electron chi connectivity index (χ1n) is 4.28. The van der Waals surface area contributed by atoms with Gasteiger partial charge >= 0.3 is 5.97 Å². The van der Waals surface area contributed by atoms with Crippen LogP contribution in [0, 0.1) is 0 Å². The van der Waals surface area contributed by atoms with Crippen LogP contribution in [0.1, 0.15) is 5.56 Å². The maximum Gasteiger partial charge on any atom is 0.328 e. The van der Waals surface area contributed by atoms with Gasteiger partial charge in [0.25, 0.3) is 0 Å². The molecule has 1 radical (unpaired) electrons. The first-order valence-corrected chi connectivity index (χ1v) is 4.28. The Morgan fingerprint density at radius 2 is 2.14 bits per heavy atom. The molecule has 0 heterocycles. The van der Waals surface area contributed by atoms with Gasteiger partial charge in [0, 0.05) is 0 Å². The van der Waals surface area contributed by atoms with Gasteiger partial charge in [-0.3, -0.25) is 0 Å². The summed E-state index contributed by atoms with van der Waals surface area (Å²) in [6, 6.07) is 8.37. The monoisotopic (exact) mass is 190 g/mol. The van der Waals surface area contributed by atoms with Gasteiger partial charge in [-0.25, -0.2) is 10.5 Å². The Hall–Kier alpha value is -1.61. The molecule has 3 nitrogen and oxygen atoms in total. The lowest BCUT2D eigenvalue weighted by atomic mass is 10.2. The Balaban J connectivity index is 2.42. The highest BCUT2D eigenvalue weighted by Gasteiger charge is 2.10. The van der Waals surface area contributed by atoms with Crippen LogP contribution in [0.2, 0.25) is 0 Å². The van der Waals surface area contributed by atoms with E-state index in [1.165, 1.54) is 6.08 Å². The second-order valence-electron chi connectivity index (χ2n) is 2.81. The fourth-order valence-corrected chi connectivity index (χ4v) is 0.915. The summed E-state index contributed by atoms with van der Waals surface area (Å²) in [6.07, 6.45) is 1.24. The molecule has 1 N–H and O–H groups in total. The third kappa shape index (κ3) is 3.03. The minimum Gasteiger partial charge on any atom is -0.459 e. The molecule has 1 atom stereocenters. The van der Waals surface area contributed by atoms with E-state index < -0.39 is 12.0 Å². The average Bonchev–Trinajstić information content (AvgIpc) is 2.26. The number of carbonyl (C=O) groups excluding carboxylic acids is 1. The van der Waals surface area contributed by atoms with Crippen molar-refractivity contribution >= 4 is 5.97 Å². The van der Waals surface area contributed by atoms with Crippen molar-refractivity contribution in [2.24, 2.45) is 0 Å². The molecular formula is C11H12NO2. The van der Waals surface area contributed by atoms with Crippen molar-refractivity contribution in [3.05, 3.63) is 48.6 Å². The standard InChI is InChI=1S/C11H12NO2/c1-2-10(12)11(13)14-8-9-6-4-3-5-7-9/h2-7,10,12H,1,8H2. The molecule has 0 saturated heterocycles. The Bertz CT molecular complexity index is 308. The molecule has 1 aromatic rings. The normalized spacial score (nSPS) is 11.8. The highest BCUT2D eigenvalue weighted by atomic mass is 16.5. The summed E-state index contributed by atoms with van der Waals surface area (Å²) in [7, 11) is 0. The second kappa shape index (κ2) is 5.19. The zero-order chi connectivity index (χ0) is 10.4. The van der Waals surface area contributed by atoms with Crippen LogP contribution in [0.15, 0.2) is 43.0 Å². The van der Waals surface area contributed by atoms with Gasteiger partial charge in [-0.15, -0.1) is 6.58 Å². The van der Waals surface area contributed by atoms with E-state index in [1.807, 2.05) is 30.3 Å². The number of hydrogen-bond acceptors (Lipinski definition) is 2. The molecule has 1 aromatic carbocycles. The van der Waals surface area contributed by atoms with Crippen LogP contribution >= 0.6 is 0 Å². The summed E-state index contributed by atoms with van der Waals surface area (Å²) < 4.78 is 4.88. The van der Waals surface area contributed by atoms with Crippen LogP contribution in [-0.2, 0) is 16.1 Å². The predicted molar refractivity (Wildman–Crippen MR) is 53.3 cm³/mol. The largest absolute Gasteiger partial charge is 0.459 e. The van der Waals surface area contributed by atoms with E-state index in [4.69, 9.17) is 10.5 Å². The van der Waals surface area contributed by atoms with Gasteiger partial charge in [-0.05, 0) is 5.56 Å². The van der Waals surface area contributed by atoms with Gasteiger partial charge in [0.05, 0.1) is 0 Å². The maximum absolute atomic E-state index is 11.1. The second-order valence-corrected chi connectivity index (χ2v) is 2.81. The van der Waals surface area contributed by atoms with Gasteiger partial charge in [0.2, 0.25) is 0 Å². The fraction of sp³-hybridized carbons (Fsp3) is 0.182. The molecule has 0 bridgehead atoms. The molecule has 0 aliphatic heterocycles. The van der Waals surface area contributed by atoms with Crippen LogP contribution in [-0.4, -0.2) is 12.0 Å². The van der Waals surface area contributed by atoms with Crippen LogP contribution in [0.4, 0.5) is 0 Å². The van der Waals surface area contributed by atoms with Gasteiger partial charge in [-0.2, -0.15) is 0 Å². The lowest BCUT2D eigenvalue weighted by Crippen LogP contribution is -2.21. The highest BCUT2D eigenvalue weighted by Crippen LogP contribution is 2.01. The van der Waals surface area contributed by atoms with E-state index in [0.717, 1.165) is 5.56 Å². The van der Waals surface area contributed by atoms with Crippen LogP contribution in [0.5, 0.6) is 0 Å². The Morgan fingerprint density at radius 3 is 2.71 bits per heavy atom. The zero-order valence-electron chi connectivity index (χ0n) is 7.77. The average molecular weight is 190 g/mol. The predicted octanol–water partition coefficient (Wildman–Crippen LogP) is 1.57. The minimum atomic E-state index is -0.987. The van der Waals surface area contributed by atoms with Crippen LogP contribution in [0.3, 0.4) is 0 Å². The lowest BCUT2D eigenvalue weighted by molar-refractivity contribution is -0.145. The summed E-state index contributed by atoms with van der Waals surface area (Å²) in [5.74, 6) is -0.566. The van der Waals surface area contributed by atoms with Gasteiger partial charge in [-0.1, -0.05) is 36.4 Å².